The molecule has 17 heavy (non-hydrogen) atoms. The number of ether oxygens (including phenoxy) is 2. The molecule has 0 radical (unpaired) electrons. The van der Waals surface area contributed by atoms with E-state index < -0.39 is 17.5 Å². The van der Waals surface area contributed by atoms with E-state index in [0.29, 0.717) is 0 Å². The molecule has 104 valence electrons. The molecule has 0 aliphatic carbocycles. The predicted octanol–water partition coefficient (Wildman–Crippen LogP) is 0.00250. The van der Waals surface area contributed by atoms with Crippen LogP contribution < -0.4 is 11.5 Å². The van der Waals surface area contributed by atoms with Gasteiger partial charge >= 0.3 is 11.9 Å². The topological polar surface area (TPSA) is 105 Å². The lowest BCUT2D eigenvalue weighted by Gasteiger charge is -2.25. The van der Waals surface area contributed by atoms with Crippen LogP contribution in [0.1, 0.15) is 19.3 Å². The molecular formula is C9H20Cl2N2O4. The number of esters is 2. The summed E-state index contributed by atoms with van der Waals surface area (Å²) >= 11 is 0. The van der Waals surface area contributed by atoms with Crippen molar-refractivity contribution in [1.82, 2.24) is 0 Å². The minimum Gasteiger partial charge on any atom is -0.469 e. The molecule has 0 amide bonds. The van der Waals surface area contributed by atoms with E-state index in [1.165, 1.54) is 14.2 Å². The Balaban J connectivity index is -0.000000980. The predicted molar refractivity (Wildman–Crippen MR) is 68.4 cm³/mol. The summed E-state index contributed by atoms with van der Waals surface area (Å²) in [5.41, 5.74) is 9.95. The minimum atomic E-state index is -1.20. The van der Waals surface area contributed by atoms with Gasteiger partial charge in [0.15, 0.2) is 0 Å². The van der Waals surface area contributed by atoms with Gasteiger partial charge in [-0.2, -0.15) is 0 Å². The van der Waals surface area contributed by atoms with Gasteiger partial charge in [0.25, 0.3) is 0 Å². The first kappa shape index (κ1) is 21.7. The number of nitrogens with two attached hydrogens (primary N) is 2. The normalized spacial score (nSPS) is 12.5. The highest BCUT2D eigenvalue weighted by Gasteiger charge is 2.34. The Morgan fingerprint density at radius 3 is 2.00 bits per heavy atom. The maximum Gasteiger partial charge on any atom is 0.325 e. The monoisotopic (exact) mass is 290 g/mol. The van der Waals surface area contributed by atoms with Gasteiger partial charge in [-0.05, 0) is 19.4 Å². The summed E-state index contributed by atoms with van der Waals surface area (Å²) in [4.78, 5) is 22.3. The second kappa shape index (κ2) is 10.6. The lowest BCUT2D eigenvalue weighted by molar-refractivity contribution is -0.148. The second-order valence-electron chi connectivity index (χ2n) is 3.26. The Hall–Kier alpha value is -0.560. The smallest absolute Gasteiger partial charge is 0.325 e. The largest absolute Gasteiger partial charge is 0.469 e. The molecule has 0 aliphatic heterocycles. The average Bonchev–Trinajstić information content (AvgIpc) is 2.25. The van der Waals surface area contributed by atoms with Crippen molar-refractivity contribution < 1.29 is 19.1 Å². The number of methoxy groups -OCH3 is 2. The van der Waals surface area contributed by atoms with Crippen LogP contribution in [0.4, 0.5) is 0 Å². The van der Waals surface area contributed by atoms with Crippen molar-refractivity contribution in [2.75, 3.05) is 20.8 Å². The number of carbonyl (C=O) groups excluding carboxylic acids is 2. The molecule has 8 heteroatoms. The zero-order valence-electron chi connectivity index (χ0n) is 9.93. The Morgan fingerprint density at radius 1 is 1.12 bits per heavy atom. The fraction of sp³-hybridized carbons (Fsp3) is 0.778. The Kier molecular flexibility index (Phi) is 13.5. The van der Waals surface area contributed by atoms with E-state index in [4.69, 9.17) is 11.5 Å². The van der Waals surface area contributed by atoms with Gasteiger partial charge in [-0.15, -0.1) is 24.8 Å². The van der Waals surface area contributed by atoms with E-state index >= 15 is 0 Å². The lowest BCUT2D eigenvalue weighted by Crippen LogP contribution is -2.50. The highest BCUT2D eigenvalue weighted by molar-refractivity contribution is 5.85. The molecule has 0 aliphatic rings. The first-order valence-electron chi connectivity index (χ1n) is 4.64. The lowest BCUT2D eigenvalue weighted by atomic mass is 9.91. The Bertz CT molecular complexity index is 241. The van der Waals surface area contributed by atoms with E-state index in [2.05, 4.69) is 9.47 Å². The first-order chi connectivity index (χ1) is 7.00. The summed E-state index contributed by atoms with van der Waals surface area (Å²) in [6, 6.07) is 0. The van der Waals surface area contributed by atoms with Gasteiger partial charge in [-0.3, -0.25) is 9.59 Å². The van der Waals surface area contributed by atoms with Crippen molar-refractivity contribution in [3.05, 3.63) is 0 Å². The molecule has 0 saturated carbocycles. The minimum absolute atomic E-state index is 0. The summed E-state index contributed by atoms with van der Waals surface area (Å²) < 4.78 is 9.02. The molecule has 0 fully saturated rings. The maximum absolute atomic E-state index is 11.4. The zero-order valence-corrected chi connectivity index (χ0v) is 11.6. The third-order valence-electron chi connectivity index (χ3n) is 2.19. The quantitative estimate of drug-likeness (QED) is 0.668. The van der Waals surface area contributed by atoms with Crippen LogP contribution in [-0.2, 0) is 19.1 Å². The number of hydrogen-bond acceptors (Lipinski definition) is 6. The van der Waals surface area contributed by atoms with Crippen molar-refractivity contribution in [3.63, 3.8) is 0 Å². The number of halogens is 2. The molecule has 0 heterocycles. The maximum atomic E-state index is 11.4. The van der Waals surface area contributed by atoms with Crippen LogP contribution in [0.5, 0.6) is 0 Å². The van der Waals surface area contributed by atoms with Gasteiger partial charge < -0.3 is 20.9 Å². The summed E-state index contributed by atoms with van der Waals surface area (Å²) in [6.07, 6.45) is 0.516. The molecule has 0 aromatic carbocycles. The molecule has 0 aromatic rings. The Labute approximate surface area is 113 Å². The van der Waals surface area contributed by atoms with E-state index in [1.54, 1.807) is 0 Å². The summed E-state index contributed by atoms with van der Waals surface area (Å²) in [6.45, 7) is 0.257. The van der Waals surface area contributed by atoms with Crippen LogP contribution >= 0.6 is 24.8 Å². The van der Waals surface area contributed by atoms with Gasteiger partial charge in [0, 0.05) is 6.42 Å². The molecule has 0 saturated heterocycles. The van der Waals surface area contributed by atoms with Crippen LogP contribution in [0.25, 0.3) is 0 Å². The number of carbonyl (C=O) groups is 2. The number of hydrogen-bond donors (Lipinski definition) is 2. The van der Waals surface area contributed by atoms with Crippen LogP contribution in [0.3, 0.4) is 0 Å². The van der Waals surface area contributed by atoms with E-state index in [0.717, 1.165) is 0 Å². The molecule has 0 aromatic heterocycles. The van der Waals surface area contributed by atoms with E-state index in [1.807, 2.05) is 0 Å². The highest BCUT2D eigenvalue weighted by atomic mass is 35.5. The SMILES string of the molecule is COC(=O)CCC(N)(CCN)C(=O)OC.Cl.Cl. The molecule has 0 bridgehead atoms. The molecule has 1 unspecified atom stereocenters. The third kappa shape index (κ3) is 7.38. The third-order valence-corrected chi connectivity index (χ3v) is 2.19. The summed E-state index contributed by atoms with van der Waals surface area (Å²) in [5.74, 6) is -0.970. The van der Waals surface area contributed by atoms with Crippen LogP contribution in [0.15, 0.2) is 0 Å². The highest BCUT2D eigenvalue weighted by Crippen LogP contribution is 2.16. The molecule has 1 atom stereocenters. The second-order valence-corrected chi connectivity index (χ2v) is 3.26. The Morgan fingerprint density at radius 2 is 1.65 bits per heavy atom. The first-order valence-corrected chi connectivity index (χ1v) is 4.64. The fourth-order valence-corrected chi connectivity index (χ4v) is 1.22. The number of rotatable bonds is 6. The molecule has 4 N–H and O–H groups in total. The fourth-order valence-electron chi connectivity index (χ4n) is 1.22. The molecule has 6 nitrogen and oxygen atoms in total. The van der Waals surface area contributed by atoms with Crippen LogP contribution in [-0.4, -0.2) is 38.2 Å². The molecule has 0 spiro atoms. The van der Waals surface area contributed by atoms with Crippen molar-refractivity contribution in [3.8, 4) is 0 Å². The van der Waals surface area contributed by atoms with Crippen LogP contribution in [0.2, 0.25) is 0 Å². The summed E-state index contributed by atoms with van der Waals surface area (Å²) in [5, 5.41) is 0. The molecular weight excluding hydrogens is 271 g/mol. The van der Waals surface area contributed by atoms with Gasteiger partial charge in [-0.25, -0.2) is 0 Å². The average molecular weight is 291 g/mol. The van der Waals surface area contributed by atoms with Crippen molar-refractivity contribution in [2.24, 2.45) is 11.5 Å². The van der Waals surface area contributed by atoms with Crippen molar-refractivity contribution in [2.45, 2.75) is 24.8 Å². The standard InChI is InChI=1S/C9H18N2O4.2ClH/c1-14-7(12)3-4-9(11,5-6-10)8(13)15-2;;/h3-6,10-11H2,1-2H3;2*1H. The van der Waals surface area contributed by atoms with E-state index in [9.17, 15) is 9.59 Å². The molecule has 0 rings (SSSR count). The van der Waals surface area contributed by atoms with Crippen molar-refractivity contribution in [1.29, 1.82) is 0 Å². The summed E-state index contributed by atoms with van der Waals surface area (Å²) in [7, 11) is 2.53. The van der Waals surface area contributed by atoms with Crippen molar-refractivity contribution >= 4 is 36.8 Å². The van der Waals surface area contributed by atoms with Gasteiger partial charge in [0.05, 0.1) is 14.2 Å². The van der Waals surface area contributed by atoms with Crippen LogP contribution in [0, 0.1) is 0 Å². The zero-order chi connectivity index (χ0) is 11.9. The van der Waals surface area contributed by atoms with Gasteiger partial charge in [0.2, 0.25) is 0 Å². The van der Waals surface area contributed by atoms with Gasteiger partial charge in [-0.1, -0.05) is 0 Å². The van der Waals surface area contributed by atoms with Gasteiger partial charge in [0.1, 0.15) is 5.54 Å². The van der Waals surface area contributed by atoms with E-state index in [-0.39, 0.29) is 50.6 Å².